The van der Waals surface area contributed by atoms with Crippen molar-refractivity contribution in [3.05, 3.63) is 66.1 Å². The molecule has 0 bridgehead atoms. The van der Waals surface area contributed by atoms with Gasteiger partial charge in [0.05, 0.1) is 24.2 Å². The van der Waals surface area contributed by atoms with Gasteiger partial charge in [0.2, 0.25) is 0 Å². The fourth-order valence-electron chi connectivity index (χ4n) is 2.60. The maximum Gasteiger partial charge on any atom is 0.305 e. The van der Waals surface area contributed by atoms with Crippen molar-refractivity contribution in [3.8, 4) is 0 Å². The first-order valence-corrected chi connectivity index (χ1v) is 7.63. The number of nitrogens with one attached hydrogen (secondary N) is 1. The molecule has 0 fully saturated rings. The van der Waals surface area contributed by atoms with Crippen molar-refractivity contribution in [2.24, 2.45) is 0 Å². The molecule has 122 valence electrons. The molecule has 0 radical (unpaired) electrons. The number of carbonyl (C=O) groups excluding carboxylic acids is 1. The SMILES string of the molecule is O=C(O)CCNC(=O)c1cn(Cc2ccccn2)c2ccccc12. The van der Waals surface area contributed by atoms with E-state index in [2.05, 4.69) is 10.3 Å². The Bertz CT molecular complexity index is 872. The molecule has 2 heterocycles. The second-order valence-electron chi connectivity index (χ2n) is 5.41. The fourth-order valence-corrected chi connectivity index (χ4v) is 2.60. The number of nitrogens with zero attached hydrogens (tertiary/aromatic N) is 2. The lowest BCUT2D eigenvalue weighted by Gasteiger charge is -2.04. The number of aliphatic carboxylic acids is 1. The molecule has 6 heteroatoms. The van der Waals surface area contributed by atoms with E-state index in [1.165, 1.54) is 0 Å². The van der Waals surface area contributed by atoms with E-state index >= 15 is 0 Å². The molecule has 0 spiro atoms. The Kier molecular flexibility index (Phi) is 4.56. The van der Waals surface area contributed by atoms with Crippen LogP contribution in [-0.2, 0) is 11.3 Å². The summed E-state index contributed by atoms with van der Waals surface area (Å²) in [6.07, 6.45) is 3.42. The number of carbonyl (C=O) groups is 2. The van der Waals surface area contributed by atoms with Crippen molar-refractivity contribution in [1.82, 2.24) is 14.9 Å². The molecule has 24 heavy (non-hydrogen) atoms. The van der Waals surface area contributed by atoms with Crippen LogP contribution in [0.5, 0.6) is 0 Å². The molecule has 1 amide bonds. The normalized spacial score (nSPS) is 10.7. The minimum Gasteiger partial charge on any atom is -0.481 e. The van der Waals surface area contributed by atoms with Gasteiger partial charge in [0.1, 0.15) is 0 Å². The monoisotopic (exact) mass is 323 g/mol. The highest BCUT2D eigenvalue weighted by molar-refractivity contribution is 6.07. The number of carboxylic acids is 1. The number of benzene rings is 1. The number of para-hydroxylation sites is 1. The number of amides is 1. The minimum atomic E-state index is -0.937. The van der Waals surface area contributed by atoms with Gasteiger partial charge in [-0.2, -0.15) is 0 Å². The second kappa shape index (κ2) is 6.95. The van der Waals surface area contributed by atoms with Gasteiger partial charge in [0.25, 0.3) is 5.91 Å². The molecule has 0 atom stereocenters. The molecule has 6 nitrogen and oxygen atoms in total. The number of aromatic nitrogens is 2. The number of hydrogen-bond acceptors (Lipinski definition) is 3. The topological polar surface area (TPSA) is 84.2 Å². The highest BCUT2D eigenvalue weighted by Gasteiger charge is 2.15. The first-order valence-electron chi connectivity index (χ1n) is 7.63. The molecule has 1 aromatic carbocycles. The van der Waals surface area contributed by atoms with Gasteiger partial charge in [-0.3, -0.25) is 14.6 Å². The largest absolute Gasteiger partial charge is 0.481 e. The van der Waals surface area contributed by atoms with E-state index in [1.807, 2.05) is 47.0 Å². The quantitative estimate of drug-likeness (QED) is 0.729. The third kappa shape index (κ3) is 3.43. The number of hydrogen-bond donors (Lipinski definition) is 2. The van der Waals surface area contributed by atoms with E-state index in [0.29, 0.717) is 12.1 Å². The zero-order valence-electron chi connectivity index (χ0n) is 13.0. The van der Waals surface area contributed by atoms with Crippen LogP contribution in [0.2, 0.25) is 0 Å². The van der Waals surface area contributed by atoms with Crippen molar-refractivity contribution >= 4 is 22.8 Å². The summed E-state index contributed by atoms with van der Waals surface area (Å²) in [7, 11) is 0. The van der Waals surface area contributed by atoms with Crippen molar-refractivity contribution in [2.75, 3.05) is 6.54 Å². The Hall–Kier alpha value is -3.15. The van der Waals surface area contributed by atoms with Gasteiger partial charge in [-0.05, 0) is 18.2 Å². The van der Waals surface area contributed by atoms with Crippen LogP contribution in [0.3, 0.4) is 0 Å². The Balaban J connectivity index is 1.89. The average Bonchev–Trinajstić information content (AvgIpc) is 2.94. The predicted molar refractivity (Wildman–Crippen MR) is 89.9 cm³/mol. The number of carboxylic acid groups (broad SMARTS) is 1. The second-order valence-corrected chi connectivity index (χ2v) is 5.41. The molecular formula is C18H17N3O3. The number of rotatable bonds is 6. The average molecular weight is 323 g/mol. The zero-order chi connectivity index (χ0) is 16.9. The summed E-state index contributed by atoms with van der Waals surface area (Å²) >= 11 is 0. The summed E-state index contributed by atoms with van der Waals surface area (Å²) < 4.78 is 1.98. The number of fused-ring (bicyclic) bond motifs is 1. The summed E-state index contributed by atoms with van der Waals surface area (Å²) in [5, 5.41) is 12.2. The molecule has 0 aliphatic carbocycles. The molecular weight excluding hydrogens is 306 g/mol. The van der Waals surface area contributed by atoms with Crippen LogP contribution in [0.25, 0.3) is 10.9 Å². The van der Waals surface area contributed by atoms with E-state index in [9.17, 15) is 9.59 Å². The smallest absolute Gasteiger partial charge is 0.305 e. The molecule has 2 N–H and O–H groups in total. The highest BCUT2D eigenvalue weighted by atomic mass is 16.4. The third-order valence-corrected chi connectivity index (χ3v) is 3.72. The van der Waals surface area contributed by atoms with E-state index in [1.54, 1.807) is 12.4 Å². The molecule has 3 aromatic rings. The Morgan fingerprint density at radius 3 is 2.67 bits per heavy atom. The lowest BCUT2D eigenvalue weighted by Crippen LogP contribution is -2.25. The highest BCUT2D eigenvalue weighted by Crippen LogP contribution is 2.22. The van der Waals surface area contributed by atoms with Crippen LogP contribution in [0.4, 0.5) is 0 Å². The summed E-state index contributed by atoms with van der Waals surface area (Å²) in [5.41, 5.74) is 2.37. The maximum atomic E-state index is 12.4. The Labute approximate surface area is 138 Å². The van der Waals surface area contributed by atoms with E-state index in [-0.39, 0.29) is 18.9 Å². The lowest BCUT2D eigenvalue weighted by molar-refractivity contribution is -0.136. The van der Waals surface area contributed by atoms with E-state index in [0.717, 1.165) is 16.6 Å². The molecule has 0 unspecified atom stereocenters. The summed E-state index contributed by atoms with van der Waals surface area (Å²) in [4.78, 5) is 27.3. The van der Waals surface area contributed by atoms with Gasteiger partial charge in [0, 0.05) is 29.8 Å². The van der Waals surface area contributed by atoms with Crippen LogP contribution in [0.1, 0.15) is 22.5 Å². The van der Waals surface area contributed by atoms with E-state index in [4.69, 9.17) is 5.11 Å². The van der Waals surface area contributed by atoms with Gasteiger partial charge in [-0.15, -0.1) is 0 Å². The van der Waals surface area contributed by atoms with Crippen molar-refractivity contribution in [1.29, 1.82) is 0 Å². The van der Waals surface area contributed by atoms with Crippen LogP contribution in [-0.4, -0.2) is 33.1 Å². The maximum absolute atomic E-state index is 12.4. The Morgan fingerprint density at radius 1 is 1.12 bits per heavy atom. The van der Waals surface area contributed by atoms with Gasteiger partial charge in [-0.1, -0.05) is 24.3 Å². The van der Waals surface area contributed by atoms with Crippen molar-refractivity contribution in [2.45, 2.75) is 13.0 Å². The van der Waals surface area contributed by atoms with Crippen LogP contribution < -0.4 is 5.32 Å². The molecule has 0 aliphatic heterocycles. The van der Waals surface area contributed by atoms with Crippen molar-refractivity contribution in [3.63, 3.8) is 0 Å². The molecule has 3 rings (SSSR count). The van der Waals surface area contributed by atoms with Crippen LogP contribution in [0, 0.1) is 0 Å². The molecule has 0 aliphatic rings. The van der Waals surface area contributed by atoms with Gasteiger partial charge in [-0.25, -0.2) is 0 Å². The van der Waals surface area contributed by atoms with Gasteiger partial charge < -0.3 is 15.0 Å². The van der Waals surface area contributed by atoms with E-state index < -0.39 is 5.97 Å². The Morgan fingerprint density at radius 2 is 1.92 bits per heavy atom. The van der Waals surface area contributed by atoms with Crippen molar-refractivity contribution < 1.29 is 14.7 Å². The first-order chi connectivity index (χ1) is 11.6. The minimum absolute atomic E-state index is 0.0989. The third-order valence-electron chi connectivity index (χ3n) is 3.72. The summed E-state index contributed by atoms with van der Waals surface area (Å²) in [6, 6.07) is 13.3. The fraction of sp³-hybridized carbons (Fsp3) is 0.167. The molecule has 2 aromatic heterocycles. The van der Waals surface area contributed by atoms with Gasteiger partial charge in [0.15, 0.2) is 0 Å². The predicted octanol–water partition coefficient (Wildman–Crippen LogP) is 2.29. The van der Waals surface area contributed by atoms with Crippen LogP contribution in [0.15, 0.2) is 54.9 Å². The summed E-state index contributed by atoms with van der Waals surface area (Å²) in [5.74, 6) is -1.21. The zero-order valence-corrected chi connectivity index (χ0v) is 13.0. The lowest BCUT2D eigenvalue weighted by atomic mass is 10.1. The molecule has 0 saturated carbocycles. The standard InChI is InChI=1S/C18H17N3O3/c22-17(23)8-10-20-18(24)15-12-21(11-13-5-3-4-9-19-13)16-7-2-1-6-14(15)16/h1-7,9,12H,8,10-11H2,(H,20,24)(H,22,23). The first kappa shape index (κ1) is 15.7. The molecule has 0 saturated heterocycles. The number of pyridine rings is 1. The van der Waals surface area contributed by atoms with Crippen LogP contribution >= 0.6 is 0 Å². The summed E-state index contributed by atoms with van der Waals surface area (Å²) in [6.45, 7) is 0.664. The van der Waals surface area contributed by atoms with Gasteiger partial charge >= 0.3 is 5.97 Å².